The number of hydrogen-bond donors (Lipinski definition) is 1. The first-order valence-electron chi connectivity index (χ1n) is 12.8. The second kappa shape index (κ2) is 10.9. The first kappa shape index (κ1) is 23.9. The standard InChI is InChI=1S/C30H33N5O/c1-3-35(4-2)30(36)25-12-10-22(11-13-25)28(27-9-5-7-24-8-6-16-32-29(24)27)23-14-17-34(18-15-23)20-26-19-31-21-33-26/h5-13,16,19,21H,3-4,14-15,17-18,20H2,1-2H3,(H,31,33). The Bertz CT molecular complexity index is 1340. The normalized spacial score (nSPS) is 14.2. The number of pyridine rings is 1. The van der Waals surface area contributed by atoms with Crippen LogP contribution in [0.15, 0.2) is 78.9 Å². The zero-order chi connectivity index (χ0) is 24.9. The molecule has 184 valence electrons. The van der Waals surface area contributed by atoms with Crippen LogP contribution in [0.4, 0.5) is 0 Å². The minimum atomic E-state index is 0.0831. The van der Waals surface area contributed by atoms with Crippen molar-refractivity contribution < 1.29 is 4.79 Å². The summed E-state index contributed by atoms with van der Waals surface area (Å²) in [5, 5.41) is 1.14. The fraction of sp³-hybridized carbons (Fsp3) is 0.300. The summed E-state index contributed by atoms with van der Waals surface area (Å²) in [5.74, 6) is 0.0831. The summed E-state index contributed by atoms with van der Waals surface area (Å²) >= 11 is 0. The number of piperidine rings is 1. The Morgan fingerprint density at radius 3 is 2.39 bits per heavy atom. The Hall–Kier alpha value is -3.77. The SMILES string of the molecule is CCN(CC)C(=O)c1ccc(C(=C2CCN(Cc3cnc[nH]3)CC2)c2cccc3cccnc23)cc1. The summed E-state index contributed by atoms with van der Waals surface area (Å²) in [6.07, 6.45) is 7.50. The number of imidazole rings is 1. The van der Waals surface area contributed by atoms with Gasteiger partial charge in [0.1, 0.15) is 0 Å². The summed E-state index contributed by atoms with van der Waals surface area (Å²) in [5.41, 5.74) is 7.89. The van der Waals surface area contributed by atoms with Gasteiger partial charge in [-0.2, -0.15) is 0 Å². The van der Waals surface area contributed by atoms with Gasteiger partial charge in [-0.1, -0.05) is 42.0 Å². The molecule has 1 fully saturated rings. The number of hydrogen-bond acceptors (Lipinski definition) is 4. The molecule has 3 heterocycles. The molecular formula is C30H33N5O. The van der Waals surface area contributed by atoms with Gasteiger partial charge in [0.25, 0.3) is 5.91 Å². The Morgan fingerprint density at radius 2 is 1.69 bits per heavy atom. The summed E-state index contributed by atoms with van der Waals surface area (Å²) < 4.78 is 0. The van der Waals surface area contributed by atoms with Crippen LogP contribution >= 0.6 is 0 Å². The van der Waals surface area contributed by atoms with E-state index in [2.05, 4.69) is 51.3 Å². The fourth-order valence-corrected chi connectivity index (χ4v) is 5.17. The van der Waals surface area contributed by atoms with Gasteiger partial charge in [0, 0.05) is 67.3 Å². The molecule has 1 saturated heterocycles. The van der Waals surface area contributed by atoms with Crippen LogP contribution in [-0.4, -0.2) is 56.8 Å². The third-order valence-corrected chi connectivity index (χ3v) is 7.14. The molecule has 5 rings (SSSR count). The molecule has 0 unspecified atom stereocenters. The Balaban J connectivity index is 1.51. The molecule has 2 aromatic heterocycles. The van der Waals surface area contributed by atoms with Crippen LogP contribution in [-0.2, 0) is 6.54 Å². The topological polar surface area (TPSA) is 65.1 Å². The number of carbonyl (C=O) groups excluding carboxylic acids is 1. The first-order valence-corrected chi connectivity index (χ1v) is 12.8. The lowest BCUT2D eigenvalue weighted by Crippen LogP contribution is -2.31. The van der Waals surface area contributed by atoms with Gasteiger partial charge in [-0.25, -0.2) is 4.98 Å². The van der Waals surface area contributed by atoms with Gasteiger partial charge in [0.15, 0.2) is 0 Å². The maximum atomic E-state index is 12.9. The zero-order valence-electron chi connectivity index (χ0n) is 21.1. The summed E-state index contributed by atoms with van der Waals surface area (Å²) in [7, 11) is 0. The second-order valence-corrected chi connectivity index (χ2v) is 9.27. The number of aromatic amines is 1. The van der Waals surface area contributed by atoms with E-state index in [-0.39, 0.29) is 5.91 Å². The van der Waals surface area contributed by atoms with Crippen LogP contribution in [0.3, 0.4) is 0 Å². The predicted molar refractivity (Wildman–Crippen MR) is 145 cm³/mol. The highest BCUT2D eigenvalue weighted by Gasteiger charge is 2.21. The number of rotatable bonds is 7. The van der Waals surface area contributed by atoms with Gasteiger partial charge in [0.05, 0.1) is 11.8 Å². The third-order valence-electron chi connectivity index (χ3n) is 7.14. The lowest BCUT2D eigenvalue weighted by molar-refractivity contribution is 0.0773. The van der Waals surface area contributed by atoms with E-state index in [0.29, 0.717) is 13.1 Å². The number of fused-ring (bicyclic) bond motifs is 1. The van der Waals surface area contributed by atoms with E-state index < -0.39 is 0 Å². The van der Waals surface area contributed by atoms with Crippen molar-refractivity contribution in [3.63, 3.8) is 0 Å². The molecular weight excluding hydrogens is 446 g/mol. The maximum Gasteiger partial charge on any atom is 0.253 e. The van der Waals surface area contributed by atoms with Gasteiger partial charge < -0.3 is 9.88 Å². The van der Waals surface area contributed by atoms with Crippen LogP contribution in [0, 0.1) is 0 Å². The number of aromatic nitrogens is 3. The number of H-pyrrole nitrogens is 1. The molecule has 0 spiro atoms. The molecule has 36 heavy (non-hydrogen) atoms. The van der Waals surface area contributed by atoms with E-state index in [1.54, 1.807) is 6.33 Å². The van der Waals surface area contributed by atoms with Crippen molar-refractivity contribution in [2.45, 2.75) is 33.2 Å². The van der Waals surface area contributed by atoms with E-state index >= 15 is 0 Å². The van der Waals surface area contributed by atoms with Gasteiger partial charge in [-0.05, 0) is 56.0 Å². The zero-order valence-corrected chi connectivity index (χ0v) is 21.1. The summed E-state index contributed by atoms with van der Waals surface area (Å²) in [6, 6.07) is 18.7. The monoisotopic (exact) mass is 479 g/mol. The molecule has 1 N–H and O–H groups in total. The molecule has 0 atom stereocenters. The van der Waals surface area contributed by atoms with Crippen molar-refractivity contribution in [1.82, 2.24) is 24.8 Å². The highest BCUT2D eigenvalue weighted by molar-refractivity contribution is 5.98. The van der Waals surface area contributed by atoms with Gasteiger partial charge >= 0.3 is 0 Å². The Kier molecular flexibility index (Phi) is 7.23. The molecule has 0 aliphatic carbocycles. The first-order chi connectivity index (χ1) is 17.7. The van der Waals surface area contributed by atoms with E-state index in [1.165, 1.54) is 11.1 Å². The van der Waals surface area contributed by atoms with Crippen LogP contribution in [0.25, 0.3) is 16.5 Å². The average molecular weight is 480 g/mol. The minimum absolute atomic E-state index is 0.0831. The van der Waals surface area contributed by atoms with Crippen LogP contribution in [0.2, 0.25) is 0 Å². The van der Waals surface area contributed by atoms with E-state index in [4.69, 9.17) is 4.98 Å². The van der Waals surface area contributed by atoms with Crippen LogP contribution < -0.4 is 0 Å². The number of carbonyl (C=O) groups is 1. The largest absolute Gasteiger partial charge is 0.347 e. The van der Waals surface area contributed by atoms with Crippen molar-refractivity contribution in [2.24, 2.45) is 0 Å². The maximum absolute atomic E-state index is 12.9. The van der Waals surface area contributed by atoms with E-state index in [9.17, 15) is 4.79 Å². The molecule has 1 aliphatic rings. The lowest BCUT2D eigenvalue weighted by Gasteiger charge is -2.30. The Morgan fingerprint density at radius 1 is 0.972 bits per heavy atom. The van der Waals surface area contributed by atoms with Crippen molar-refractivity contribution in [2.75, 3.05) is 26.2 Å². The summed E-state index contributed by atoms with van der Waals surface area (Å²) in [6.45, 7) is 8.34. The molecule has 6 heteroatoms. The average Bonchev–Trinajstić information content (AvgIpc) is 3.44. The van der Waals surface area contributed by atoms with Crippen molar-refractivity contribution in [1.29, 1.82) is 0 Å². The number of amides is 1. The molecule has 1 amide bonds. The summed E-state index contributed by atoms with van der Waals surface area (Å²) in [4.78, 5) is 29.4. The van der Waals surface area contributed by atoms with Gasteiger partial charge in [-0.3, -0.25) is 14.7 Å². The van der Waals surface area contributed by atoms with E-state index in [1.807, 2.05) is 49.3 Å². The predicted octanol–water partition coefficient (Wildman–Crippen LogP) is 5.54. The van der Waals surface area contributed by atoms with Gasteiger partial charge in [-0.15, -0.1) is 0 Å². The minimum Gasteiger partial charge on any atom is -0.347 e. The highest BCUT2D eigenvalue weighted by Crippen LogP contribution is 2.35. The van der Waals surface area contributed by atoms with Crippen molar-refractivity contribution in [3.8, 4) is 0 Å². The van der Waals surface area contributed by atoms with Gasteiger partial charge in [0.2, 0.25) is 0 Å². The molecule has 0 radical (unpaired) electrons. The third kappa shape index (κ3) is 4.95. The number of para-hydroxylation sites is 1. The fourth-order valence-electron chi connectivity index (χ4n) is 5.17. The number of likely N-dealkylation sites (tertiary alicyclic amines) is 1. The second-order valence-electron chi connectivity index (χ2n) is 9.27. The smallest absolute Gasteiger partial charge is 0.253 e. The Labute approximate surface area is 212 Å². The molecule has 0 bridgehead atoms. The molecule has 2 aromatic carbocycles. The molecule has 4 aromatic rings. The van der Waals surface area contributed by atoms with Crippen LogP contribution in [0.5, 0.6) is 0 Å². The number of benzene rings is 2. The highest BCUT2D eigenvalue weighted by atomic mass is 16.2. The molecule has 6 nitrogen and oxygen atoms in total. The molecule has 1 aliphatic heterocycles. The van der Waals surface area contributed by atoms with Crippen molar-refractivity contribution in [3.05, 3.63) is 101 Å². The lowest BCUT2D eigenvalue weighted by atomic mass is 9.87. The van der Waals surface area contributed by atoms with Crippen molar-refractivity contribution >= 4 is 22.4 Å². The van der Waals surface area contributed by atoms with E-state index in [0.717, 1.165) is 65.8 Å². The number of nitrogens with one attached hydrogen (secondary N) is 1. The quantitative estimate of drug-likeness (QED) is 0.378. The molecule has 0 saturated carbocycles. The number of nitrogens with zero attached hydrogens (tertiary/aromatic N) is 4. The van der Waals surface area contributed by atoms with Crippen LogP contribution in [0.1, 0.15) is 53.9 Å².